The molecule has 2 heteroatoms. The molecule has 0 aromatic carbocycles. The molecule has 0 aromatic heterocycles. The summed E-state index contributed by atoms with van der Waals surface area (Å²) in [6, 6.07) is 0. The van der Waals surface area contributed by atoms with Crippen LogP contribution in [-0.4, -0.2) is 17.8 Å². The van der Waals surface area contributed by atoms with Crippen molar-refractivity contribution >= 4 is 11.8 Å². The van der Waals surface area contributed by atoms with Crippen molar-refractivity contribution in [3.8, 4) is 0 Å². The van der Waals surface area contributed by atoms with Gasteiger partial charge in [-0.05, 0) is 36.9 Å². The average Bonchev–Trinajstić information content (AvgIpc) is 2.30. The van der Waals surface area contributed by atoms with Gasteiger partial charge in [0.25, 0.3) is 0 Å². The van der Waals surface area contributed by atoms with E-state index in [-0.39, 0.29) is 0 Å². The molecule has 0 saturated carbocycles. The van der Waals surface area contributed by atoms with Gasteiger partial charge in [-0.1, -0.05) is 40.0 Å². The minimum absolute atomic E-state index is 0.494. The van der Waals surface area contributed by atoms with Crippen molar-refractivity contribution in [1.82, 2.24) is 0 Å². The van der Waals surface area contributed by atoms with Crippen LogP contribution in [0.3, 0.4) is 0 Å². The second-order valence-electron chi connectivity index (χ2n) is 5.14. The third-order valence-corrected chi connectivity index (χ3v) is 4.76. The smallest absolute Gasteiger partial charge is 0.106 e. The summed E-state index contributed by atoms with van der Waals surface area (Å²) >= 11 is 2.05. The van der Waals surface area contributed by atoms with Crippen LogP contribution in [0.5, 0.6) is 0 Å². The lowest BCUT2D eigenvalue weighted by Gasteiger charge is -2.31. The van der Waals surface area contributed by atoms with E-state index in [1.54, 1.807) is 0 Å². The van der Waals surface area contributed by atoms with Crippen LogP contribution < -0.4 is 0 Å². The van der Waals surface area contributed by atoms with Gasteiger partial charge in [0, 0.05) is 6.61 Å². The summed E-state index contributed by atoms with van der Waals surface area (Å²) in [5.74, 6) is 2.96. The Hall–Kier alpha value is 0.310. The van der Waals surface area contributed by atoms with Crippen LogP contribution in [0.25, 0.3) is 0 Å². The van der Waals surface area contributed by atoms with Crippen molar-refractivity contribution < 1.29 is 4.74 Å². The van der Waals surface area contributed by atoms with E-state index in [1.165, 1.54) is 44.3 Å². The van der Waals surface area contributed by atoms with Gasteiger partial charge in [-0.2, -0.15) is 0 Å². The van der Waals surface area contributed by atoms with Crippen LogP contribution in [-0.2, 0) is 4.74 Å². The van der Waals surface area contributed by atoms with Gasteiger partial charge < -0.3 is 4.74 Å². The summed E-state index contributed by atoms with van der Waals surface area (Å²) in [5, 5.41) is 0. The Kier molecular flexibility index (Phi) is 7.55. The molecule has 0 aliphatic carbocycles. The fourth-order valence-corrected chi connectivity index (χ4v) is 3.87. The maximum atomic E-state index is 5.93. The number of hydrogen-bond donors (Lipinski definition) is 0. The zero-order valence-electron chi connectivity index (χ0n) is 11.2. The molecule has 0 spiro atoms. The van der Waals surface area contributed by atoms with Crippen LogP contribution in [0.2, 0.25) is 0 Å². The number of thioether (sulfide) groups is 1. The minimum Gasteiger partial charge on any atom is -0.367 e. The Balaban J connectivity index is 2.38. The Morgan fingerprint density at radius 2 is 2.00 bits per heavy atom. The third kappa shape index (κ3) is 5.09. The zero-order valence-corrected chi connectivity index (χ0v) is 12.0. The first kappa shape index (κ1) is 14.4. The number of ether oxygens (including phenoxy) is 1. The molecule has 1 nitrogen and oxygen atoms in total. The van der Waals surface area contributed by atoms with Crippen molar-refractivity contribution in [3.05, 3.63) is 0 Å². The first-order valence-corrected chi connectivity index (χ1v) is 8.06. The molecule has 96 valence electrons. The molecular formula is C14H28OS. The van der Waals surface area contributed by atoms with E-state index in [4.69, 9.17) is 4.74 Å². The van der Waals surface area contributed by atoms with Gasteiger partial charge in [-0.15, -0.1) is 11.8 Å². The molecule has 0 amide bonds. The van der Waals surface area contributed by atoms with Gasteiger partial charge >= 0.3 is 0 Å². The summed E-state index contributed by atoms with van der Waals surface area (Å²) in [5.41, 5.74) is 0.494. The normalized spacial score (nSPS) is 25.3. The monoisotopic (exact) mass is 244 g/mol. The first-order valence-electron chi connectivity index (χ1n) is 7.01. The molecule has 1 fully saturated rings. The maximum absolute atomic E-state index is 5.93. The van der Waals surface area contributed by atoms with Gasteiger partial charge in [-0.25, -0.2) is 0 Å². The summed E-state index contributed by atoms with van der Waals surface area (Å²) < 4.78 is 5.93. The van der Waals surface area contributed by atoms with Crippen LogP contribution in [0.1, 0.15) is 59.3 Å². The zero-order chi connectivity index (χ0) is 11.8. The van der Waals surface area contributed by atoms with Gasteiger partial charge in [0.1, 0.15) is 5.44 Å². The first-order chi connectivity index (χ1) is 7.77. The molecule has 1 aliphatic rings. The Labute approximate surface area is 106 Å². The predicted molar refractivity (Wildman–Crippen MR) is 73.9 cm³/mol. The lowest BCUT2D eigenvalue weighted by Crippen LogP contribution is -2.27. The Morgan fingerprint density at radius 3 is 2.56 bits per heavy atom. The summed E-state index contributed by atoms with van der Waals surface area (Å²) in [4.78, 5) is 0. The molecule has 3 atom stereocenters. The molecule has 1 rings (SSSR count). The quantitative estimate of drug-likeness (QED) is 0.641. The van der Waals surface area contributed by atoms with Crippen molar-refractivity contribution in [1.29, 1.82) is 0 Å². The molecule has 16 heavy (non-hydrogen) atoms. The Bertz CT molecular complexity index is 166. The number of rotatable bonds is 7. The van der Waals surface area contributed by atoms with Crippen molar-refractivity contribution in [3.63, 3.8) is 0 Å². The highest BCUT2D eigenvalue weighted by Gasteiger charge is 2.25. The minimum atomic E-state index is 0.494. The van der Waals surface area contributed by atoms with Crippen molar-refractivity contribution in [2.45, 2.75) is 64.7 Å². The third-order valence-electron chi connectivity index (χ3n) is 3.38. The van der Waals surface area contributed by atoms with Crippen LogP contribution in [0, 0.1) is 11.8 Å². The lowest BCUT2D eigenvalue weighted by atomic mass is 9.90. The maximum Gasteiger partial charge on any atom is 0.106 e. The Morgan fingerprint density at radius 1 is 1.25 bits per heavy atom. The highest BCUT2D eigenvalue weighted by Crippen LogP contribution is 2.33. The van der Waals surface area contributed by atoms with Crippen LogP contribution in [0.15, 0.2) is 0 Å². The molecular weight excluding hydrogens is 216 g/mol. The van der Waals surface area contributed by atoms with Crippen LogP contribution in [0.4, 0.5) is 0 Å². The van der Waals surface area contributed by atoms with Gasteiger partial charge in [0.2, 0.25) is 0 Å². The van der Waals surface area contributed by atoms with Gasteiger partial charge in [-0.3, -0.25) is 0 Å². The predicted octanol–water partition coefficient (Wildman–Crippen LogP) is 4.71. The lowest BCUT2D eigenvalue weighted by molar-refractivity contribution is 0.0551. The van der Waals surface area contributed by atoms with Gasteiger partial charge in [0.05, 0.1) is 0 Å². The van der Waals surface area contributed by atoms with E-state index in [0.29, 0.717) is 5.44 Å². The van der Waals surface area contributed by atoms with Crippen LogP contribution >= 0.6 is 11.8 Å². The molecule has 0 aromatic rings. The summed E-state index contributed by atoms with van der Waals surface area (Å²) in [6.45, 7) is 7.97. The van der Waals surface area contributed by atoms with E-state index >= 15 is 0 Å². The summed E-state index contributed by atoms with van der Waals surface area (Å²) in [6.07, 6.45) is 7.93. The molecule has 0 N–H and O–H groups in total. The molecule has 3 unspecified atom stereocenters. The van der Waals surface area contributed by atoms with E-state index in [0.717, 1.165) is 18.4 Å². The molecule has 0 radical (unpaired) electrons. The van der Waals surface area contributed by atoms with E-state index in [1.807, 2.05) is 11.8 Å². The molecule has 1 heterocycles. The second-order valence-corrected chi connectivity index (χ2v) is 6.35. The standard InChI is InChI=1S/C14H28OS/c1-4-7-12(3)11-13(8-5-2)14-15-9-6-10-16-14/h12-14H,4-11H2,1-3H3. The molecule has 1 aliphatic heterocycles. The summed E-state index contributed by atoms with van der Waals surface area (Å²) in [7, 11) is 0. The average molecular weight is 244 g/mol. The highest BCUT2D eigenvalue weighted by molar-refractivity contribution is 7.99. The molecule has 0 bridgehead atoms. The fourth-order valence-electron chi connectivity index (χ4n) is 2.64. The number of hydrogen-bond acceptors (Lipinski definition) is 2. The largest absolute Gasteiger partial charge is 0.367 e. The van der Waals surface area contributed by atoms with E-state index in [2.05, 4.69) is 20.8 Å². The topological polar surface area (TPSA) is 9.23 Å². The molecule has 1 saturated heterocycles. The SMILES string of the molecule is CCCC(C)CC(CCC)C1OCCCS1. The van der Waals surface area contributed by atoms with E-state index < -0.39 is 0 Å². The highest BCUT2D eigenvalue weighted by atomic mass is 32.2. The van der Waals surface area contributed by atoms with Crippen molar-refractivity contribution in [2.75, 3.05) is 12.4 Å². The van der Waals surface area contributed by atoms with E-state index in [9.17, 15) is 0 Å². The second kappa shape index (κ2) is 8.41. The van der Waals surface area contributed by atoms with Gasteiger partial charge in [0.15, 0.2) is 0 Å². The fraction of sp³-hybridized carbons (Fsp3) is 1.00. The van der Waals surface area contributed by atoms with Crippen molar-refractivity contribution in [2.24, 2.45) is 11.8 Å².